The number of oxazole rings is 1. The molecule has 0 aliphatic rings. The molecule has 0 saturated carbocycles. The Morgan fingerprint density at radius 3 is 2.40 bits per heavy atom. The van der Waals surface area contributed by atoms with Gasteiger partial charge in [0.1, 0.15) is 11.4 Å². The maximum absolute atomic E-state index is 12.4. The summed E-state index contributed by atoms with van der Waals surface area (Å²) < 4.78 is 49.7. The van der Waals surface area contributed by atoms with Crippen molar-refractivity contribution in [2.75, 3.05) is 0 Å². The van der Waals surface area contributed by atoms with Crippen LogP contribution in [0.2, 0.25) is 0 Å². The third-order valence-corrected chi connectivity index (χ3v) is 4.76. The van der Waals surface area contributed by atoms with E-state index in [0.29, 0.717) is 22.9 Å². The topological polar surface area (TPSA) is 53.1 Å². The maximum atomic E-state index is 12.4. The Labute approximate surface area is 178 Å². The first-order valence-corrected chi connectivity index (χ1v) is 9.65. The predicted molar refractivity (Wildman–Crippen MR) is 108 cm³/mol. The van der Waals surface area contributed by atoms with E-state index >= 15 is 0 Å². The van der Waals surface area contributed by atoms with Gasteiger partial charge in [-0.25, -0.2) is 9.67 Å². The van der Waals surface area contributed by atoms with E-state index in [2.05, 4.69) is 30.7 Å². The third kappa shape index (κ3) is 4.25. The first-order valence-electron chi connectivity index (χ1n) is 8.86. The van der Waals surface area contributed by atoms with Gasteiger partial charge in [0.05, 0.1) is 11.4 Å². The Morgan fingerprint density at radius 1 is 1.03 bits per heavy atom. The maximum Gasteiger partial charge on any atom is 0.573 e. The molecule has 2 heterocycles. The van der Waals surface area contributed by atoms with Crippen LogP contribution in [0.5, 0.6) is 5.75 Å². The van der Waals surface area contributed by atoms with Crippen LogP contribution in [0, 0.1) is 13.8 Å². The highest BCUT2D eigenvalue weighted by molar-refractivity contribution is 9.10. The fourth-order valence-corrected chi connectivity index (χ4v) is 3.42. The average molecular weight is 478 g/mol. The van der Waals surface area contributed by atoms with Crippen molar-refractivity contribution < 1.29 is 22.3 Å². The molecule has 0 aliphatic carbocycles. The van der Waals surface area contributed by atoms with Crippen LogP contribution in [0.4, 0.5) is 13.2 Å². The minimum atomic E-state index is -4.75. The molecule has 2 aromatic heterocycles. The van der Waals surface area contributed by atoms with Crippen LogP contribution in [0.15, 0.2) is 63.6 Å². The number of nitrogens with zero attached hydrogens (tertiary/aromatic N) is 3. The lowest BCUT2D eigenvalue weighted by Gasteiger charge is -2.11. The van der Waals surface area contributed by atoms with Gasteiger partial charge in [-0.05, 0) is 55.5 Å². The predicted octanol–water partition coefficient (Wildman–Crippen LogP) is 6.47. The van der Waals surface area contributed by atoms with E-state index in [-0.39, 0.29) is 5.75 Å². The normalized spacial score (nSPS) is 11.7. The number of hydrogen-bond acceptors (Lipinski definition) is 4. The summed E-state index contributed by atoms with van der Waals surface area (Å²) in [7, 11) is 0. The van der Waals surface area contributed by atoms with Crippen molar-refractivity contribution >= 4 is 15.9 Å². The van der Waals surface area contributed by atoms with Crippen LogP contribution in [-0.4, -0.2) is 21.1 Å². The van der Waals surface area contributed by atoms with Gasteiger partial charge in [0.15, 0.2) is 11.7 Å². The minimum absolute atomic E-state index is 0.303. The number of ether oxygens (including phenoxy) is 1. The fraction of sp³-hybridized carbons (Fsp3) is 0.143. The second-order valence-corrected chi connectivity index (χ2v) is 7.46. The van der Waals surface area contributed by atoms with E-state index in [1.165, 1.54) is 24.3 Å². The van der Waals surface area contributed by atoms with Gasteiger partial charge in [0.25, 0.3) is 0 Å². The molecule has 9 heteroatoms. The first-order chi connectivity index (χ1) is 14.2. The molecule has 0 unspecified atom stereocenters. The molecule has 0 saturated heterocycles. The molecule has 0 aliphatic heterocycles. The molecule has 2 aromatic carbocycles. The Bertz CT molecular complexity index is 1200. The zero-order valence-corrected chi connectivity index (χ0v) is 17.5. The summed E-state index contributed by atoms with van der Waals surface area (Å²) in [4.78, 5) is 4.46. The summed E-state index contributed by atoms with van der Waals surface area (Å²) in [5.74, 6) is 0.614. The summed E-state index contributed by atoms with van der Waals surface area (Å²) in [6, 6.07) is 13.1. The Hall–Kier alpha value is -3.07. The summed E-state index contributed by atoms with van der Waals surface area (Å²) in [5.41, 5.74) is 3.48. The SMILES string of the molecule is Cc1ccn(-c2ccc(Br)cc2-c2oc(C)nc2-c2ccc(OC(F)(F)F)cc2)n1. The Balaban J connectivity index is 1.81. The van der Waals surface area contributed by atoms with E-state index in [9.17, 15) is 13.2 Å². The number of hydrogen-bond donors (Lipinski definition) is 0. The van der Waals surface area contributed by atoms with Gasteiger partial charge in [-0.1, -0.05) is 15.9 Å². The van der Waals surface area contributed by atoms with Gasteiger partial charge in [0, 0.05) is 28.7 Å². The number of rotatable bonds is 4. The van der Waals surface area contributed by atoms with Crippen LogP contribution >= 0.6 is 15.9 Å². The monoisotopic (exact) mass is 477 g/mol. The molecular weight excluding hydrogens is 463 g/mol. The number of benzene rings is 2. The smallest absolute Gasteiger partial charge is 0.440 e. The largest absolute Gasteiger partial charge is 0.573 e. The highest BCUT2D eigenvalue weighted by Gasteiger charge is 2.31. The van der Waals surface area contributed by atoms with Crippen molar-refractivity contribution in [1.82, 2.24) is 14.8 Å². The van der Waals surface area contributed by atoms with E-state index in [0.717, 1.165) is 21.4 Å². The first kappa shape index (κ1) is 20.2. The molecule has 154 valence electrons. The van der Waals surface area contributed by atoms with E-state index in [4.69, 9.17) is 4.42 Å². The highest BCUT2D eigenvalue weighted by Crippen LogP contribution is 2.38. The molecule has 0 N–H and O–H groups in total. The van der Waals surface area contributed by atoms with Crippen molar-refractivity contribution in [3.8, 4) is 34.0 Å². The van der Waals surface area contributed by atoms with Crippen molar-refractivity contribution in [2.45, 2.75) is 20.2 Å². The number of aromatic nitrogens is 3. The van der Waals surface area contributed by atoms with Gasteiger partial charge in [-0.15, -0.1) is 13.2 Å². The quantitative estimate of drug-likeness (QED) is 0.337. The lowest BCUT2D eigenvalue weighted by Crippen LogP contribution is -2.16. The molecule has 0 fully saturated rings. The molecule has 0 atom stereocenters. The lowest BCUT2D eigenvalue weighted by atomic mass is 10.0. The molecule has 0 radical (unpaired) electrons. The molecule has 0 bridgehead atoms. The van der Waals surface area contributed by atoms with Crippen LogP contribution in [0.3, 0.4) is 0 Å². The van der Waals surface area contributed by atoms with E-state index in [1.54, 1.807) is 11.6 Å². The van der Waals surface area contributed by atoms with Crippen molar-refractivity contribution in [2.24, 2.45) is 0 Å². The Morgan fingerprint density at radius 2 is 1.77 bits per heavy atom. The van der Waals surface area contributed by atoms with Crippen LogP contribution in [0.1, 0.15) is 11.6 Å². The molecule has 4 rings (SSSR count). The molecule has 0 spiro atoms. The van der Waals surface area contributed by atoms with E-state index < -0.39 is 6.36 Å². The Kier molecular flexibility index (Phi) is 5.15. The summed E-state index contributed by atoms with van der Waals surface area (Å²) in [5, 5.41) is 4.47. The van der Waals surface area contributed by atoms with Gasteiger partial charge >= 0.3 is 6.36 Å². The second kappa shape index (κ2) is 7.64. The molecule has 4 aromatic rings. The lowest BCUT2D eigenvalue weighted by molar-refractivity contribution is -0.274. The van der Waals surface area contributed by atoms with Crippen molar-refractivity contribution in [3.63, 3.8) is 0 Å². The highest BCUT2D eigenvalue weighted by atomic mass is 79.9. The molecule has 0 amide bonds. The fourth-order valence-electron chi connectivity index (χ4n) is 3.06. The summed E-state index contributed by atoms with van der Waals surface area (Å²) in [6.45, 7) is 3.60. The summed E-state index contributed by atoms with van der Waals surface area (Å²) >= 11 is 3.48. The van der Waals surface area contributed by atoms with Gasteiger partial charge in [-0.2, -0.15) is 5.10 Å². The second-order valence-electron chi connectivity index (χ2n) is 6.55. The van der Waals surface area contributed by atoms with Crippen LogP contribution in [0.25, 0.3) is 28.3 Å². The number of aryl methyl sites for hydroxylation is 2. The van der Waals surface area contributed by atoms with Gasteiger partial charge in [-0.3, -0.25) is 0 Å². The minimum Gasteiger partial charge on any atom is -0.440 e. The van der Waals surface area contributed by atoms with Gasteiger partial charge < -0.3 is 9.15 Å². The zero-order chi connectivity index (χ0) is 21.5. The standard InChI is InChI=1S/C21H15BrF3N3O2/c1-12-9-10-28(27-12)18-8-5-15(22)11-17(18)20-19(26-13(2)29-20)14-3-6-16(7-4-14)30-21(23,24)25/h3-11H,1-2H3. The van der Waals surface area contributed by atoms with Crippen LogP contribution < -0.4 is 4.74 Å². The zero-order valence-electron chi connectivity index (χ0n) is 15.9. The molecule has 5 nitrogen and oxygen atoms in total. The third-order valence-electron chi connectivity index (χ3n) is 4.27. The van der Waals surface area contributed by atoms with Crippen molar-refractivity contribution in [1.29, 1.82) is 0 Å². The number of halogens is 4. The van der Waals surface area contributed by atoms with Gasteiger partial charge in [0.2, 0.25) is 0 Å². The molecular formula is C21H15BrF3N3O2. The summed E-state index contributed by atoms with van der Waals surface area (Å²) in [6.07, 6.45) is -2.90. The molecule has 30 heavy (non-hydrogen) atoms. The van der Waals surface area contributed by atoms with Crippen LogP contribution in [-0.2, 0) is 0 Å². The van der Waals surface area contributed by atoms with Crippen molar-refractivity contribution in [3.05, 3.63) is 70.8 Å². The number of alkyl halides is 3. The average Bonchev–Trinajstić information content (AvgIpc) is 3.27. The van der Waals surface area contributed by atoms with E-state index in [1.807, 2.05) is 37.4 Å².